The van der Waals surface area contributed by atoms with Gasteiger partial charge in [0.15, 0.2) is 11.4 Å². The van der Waals surface area contributed by atoms with Gasteiger partial charge >= 0.3 is 0 Å². The molecule has 0 aliphatic heterocycles. The van der Waals surface area contributed by atoms with E-state index in [1.807, 2.05) is 0 Å². The van der Waals surface area contributed by atoms with Crippen molar-refractivity contribution in [3.63, 3.8) is 0 Å². The van der Waals surface area contributed by atoms with E-state index in [4.69, 9.17) is 16.3 Å². The van der Waals surface area contributed by atoms with E-state index in [2.05, 4.69) is 10.2 Å². The van der Waals surface area contributed by atoms with Crippen LogP contribution in [0.2, 0.25) is 5.02 Å². The van der Waals surface area contributed by atoms with Gasteiger partial charge in [0.05, 0.1) is 6.61 Å². The van der Waals surface area contributed by atoms with E-state index in [1.54, 1.807) is 62.4 Å². The van der Waals surface area contributed by atoms with Crippen LogP contribution in [0.3, 0.4) is 0 Å². The Labute approximate surface area is 172 Å². The largest absolute Gasteiger partial charge is 0.478 e. The smallest absolute Gasteiger partial charge is 0.294 e. The third-order valence-corrected chi connectivity index (χ3v) is 4.20. The Balaban J connectivity index is 1.91. The minimum atomic E-state index is -1.17. The van der Waals surface area contributed by atoms with Gasteiger partial charge < -0.3 is 14.9 Å². The van der Waals surface area contributed by atoms with Gasteiger partial charge in [-0.2, -0.15) is 0 Å². The van der Waals surface area contributed by atoms with Gasteiger partial charge in [0, 0.05) is 22.7 Å². The molecule has 8 nitrogen and oxygen atoms in total. The molecule has 0 fully saturated rings. The zero-order chi connectivity index (χ0) is 21.4. The van der Waals surface area contributed by atoms with Crippen LogP contribution in [0.15, 0.2) is 48.5 Å². The lowest BCUT2D eigenvalue weighted by atomic mass is 10.0. The van der Waals surface area contributed by atoms with Gasteiger partial charge in [-0.15, -0.1) is 10.1 Å². The van der Waals surface area contributed by atoms with Gasteiger partial charge in [-0.25, -0.2) is 0 Å². The number of halogens is 1. The highest BCUT2D eigenvalue weighted by Crippen LogP contribution is 2.21. The van der Waals surface area contributed by atoms with Crippen molar-refractivity contribution in [3.8, 4) is 5.75 Å². The topological polar surface area (TPSA) is 108 Å². The second kappa shape index (κ2) is 9.88. The van der Waals surface area contributed by atoms with Crippen LogP contribution in [0.1, 0.15) is 36.2 Å². The number of hydrogen-bond acceptors (Lipinski definition) is 6. The molecule has 0 saturated carbocycles. The number of ether oxygens (including phenoxy) is 1. The molecule has 2 aromatic rings. The molecule has 1 amide bonds. The van der Waals surface area contributed by atoms with Gasteiger partial charge in [-0.3, -0.25) is 9.59 Å². The van der Waals surface area contributed by atoms with Gasteiger partial charge in [0.2, 0.25) is 0 Å². The fraction of sp³-hybridized carbons (Fsp3) is 0.300. The molecule has 9 heteroatoms. The van der Waals surface area contributed by atoms with Crippen LogP contribution in [0, 0.1) is 10.1 Å². The minimum Gasteiger partial charge on any atom is -0.478 e. The van der Waals surface area contributed by atoms with Crippen molar-refractivity contribution in [1.82, 2.24) is 5.32 Å². The van der Waals surface area contributed by atoms with Crippen molar-refractivity contribution >= 4 is 23.3 Å². The molecule has 29 heavy (non-hydrogen) atoms. The summed E-state index contributed by atoms with van der Waals surface area (Å²) >= 11 is 5.84. The molecule has 154 valence electrons. The standard InChI is InChI=1S/C20H21ClN2O6/c1-20(2,19(25)22-12-3-13-28-23(26)27)29-17-10-6-15(7-11-17)18(24)14-4-8-16(21)9-5-14/h4-11H,3,12-13H2,1-2H3,(H,22,25). The highest BCUT2D eigenvalue weighted by atomic mass is 35.5. The molecule has 0 unspecified atom stereocenters. The van der Waals surface area contributed by atoms with Crippen LogP contribution in [0.5, 0.6) is 5.75 Å². The van der Waals surface area contributed by atoms with Crippen LogP contribution < -0.4 is 10.1 Å². The summed E-state index contributed by atoms with van der Waals surface area (Å²) in [5.41, 5.74) is -0.178. The number of rotatable bonds is 10. The first-order chi connectivity index (χ1) is 13.7. The van der Waals surface area contributed by atoms with E-state index in [1.165, 1.54) is 0 Å². The predicted octanol–water partition coefficient (Wildman–Crippen LogP) is 3.44. The van der Waals surface area contributed by atoms with Gasteiger partial charge in [-0.05, 0) is 68.8 Å². The summed E-state index contributed by atoms with van der Waals surface area (Å²) in [5.74, 6) is -0.100. The number of hydrogen-bond donors (Lipinski definition) is 1. The molecule has 0 aliphatic rings. The van der Waals surface area contributed by atoms with E-state index >= 15 is 0 Å². The third-order valence-electron chi connectivity index (χ3n) is 3.95. The summed E-state index contributed by atoms with van der Waals surface area (Å²) in [6.07, 6.45) is 0.296. The fourth-order valence-corrected chi connectivity index (χ4v) is 2.54. The van der Waals surface area contributed by atoms with Crippen LogP contribution in [-0.2, 0) is 9.63 Å². The van der Waals surface area contributed by atoms with Gasteiger partial charge in [0.25, 0.3) is 11.0 Å². The number of nitrogens with zero attached hydrogens (tertiary/aromatic N) is 1. The molecule has 1 N–H and O–H groups in total. The molecule has 2 rings (SSSR count). The van der Waals surface area contributed by atoms with E-state index in [9.17, 15) is 19.7 Å². The molecular formula is C20H21ClN2O6. The quantitative estimate of drug-likeness (QED) is 0.273. The Morgan fingerprint density at radius 2 is 1.62 bits per heavy atom. The second-order valence-electron chi connectivity index (χ2n) is 6.64. The summed E-state index contributed by atoms with van der Waals surface area (Å²) in [7, 11) is 0. The lowest BCUT2D eigenvalue weighted by Gasteiger charge is -2.25. The van der Waals surface area contributed by atoms with Crippen molar-refractivity contribution < 1.29 is 24.3 Å². The molecule has 0 aromatic heterocycles. The predicted molar refractivity (Wildman–Crippen MR) is 107 cm³/mol. The number of carbonyl (C=O) groups excluding carboxylic acids is 2. The molecule has 0 heterocycles. The molecule has 0 spiro atoms. The highest BCUT2D eigenvalue weighted by molar-refractivity contribution is 6.30. The van der Waals surface area contributed by atoms with E-state index in [0.717, 1.165) is 0 Å². The maximum absolute atomic E-state index is 12.5. The van der Waals surface area contributed by atoms with E-state index < -0.39 is 10.7 Å². The summed E-state index contributed by atoms with van der Waals surface area (Å²) in [4.78, 5) is 39.0. The average molecular weight is 421 g/mol. The molecule has 0 aliphatic carbocycles. The van der Waals surface area contributed by atoms with E-state index in [-0.39, 0.29) is 24.8 Å². The number of carbonyl (C=O) groups is 2. The first kappa shape index (κ1) is 22.2. The minimum absolute atomic E-state index is 0.0995. The number of ketones is 1. The van der Waals surface area contributed by atoms with Crippen molar-refractivity contribution in [3.05, 3.63) is 74.8 Å². The molecule has 0 bridgehead atoms. The molecule has 0 saturated heterocycles. The molecule has 0 atom stereocenters. The summed E-state index contributed by atoms with van der Waals surface area (Å²) in [6, 6.07) is 13.1. The first-order valence-electron chi connectivity index (χ1n) is 8.84. The maximum Gasteiger partial charge on any atom is 0.294 e. The molecule has 0 radical (unpaired) electrons. The van der Waals surface area contributed by atoms with Gasteiger partial charge in [0.1, 0.15) is 5.75 Å². The lowest BCUT2D eigenvalue weighted by molar-refractivity contribution is -0.757. The monoisotopic (exact) mass is 420 g/mol. The Hall–Kier alpha value is -3.13. The highest BCUT2D eigenvalue weighted by Gasteiger charge is 2.29. The van der Waals surface area contributed by atoms with E-state index in [0.29, 0.717) is 28.3 Å². The van der Waals surface area contributed by atoms with Crippen molar-refractivity contribution in [2.45, 2.75) is 25.9 Å². The van der Waals surface area contributed by atoms with Crippen LogP contribution in [-0.4, -0.2) is 35.5 Å². The Kier molecular flexibility index (Phi) is 7.55. The zero-order valence-electron chi connectivity index (χ0n) is 16.0. The second-order valence-corrected chi connectivity index (χ2v) is 7.08. The number of nitrogens with one attached hydrogen (secondary N) is 1. The zero-order valence-corrected chi connectivity index (χ0v) is 16.8. The maximum atomic E-state index is 12.5. The normalized spacial score (nSPS) is 10.9. The Bertz CT molecular complexity index is 866. The van der Waals surface area contributed by atoms with Gasteiger partial charge in [-0.1, -0.05) is 11.6 Å². The first-order valence-corrected chi connectivity index (χ1v) is 9.22. The molecule has 2 aromatic carbocycles. The lowest BCUT2D eigenvalue weighted by Crippen LogP contribution is -2.47. The Morgan fingerprint density at radius 3 is 2.17 bits per heavy atom. The Morgan fingerprint density at radius 1 is 1.07 bits per heavy atom. The van der Waals surface area contributed by atoms with Crippen LogP contribution >= 0.6 is 11.6 Å². The SMILES string of the molecule is CC(C)(Oc1ccc(C(=O)c2ccc(Cl)cc2)cc1)C(=O)NCCCO[N+](=O)[O-]. The van der Waals surface area contributed by atoms with Crippen molar-refractivity contribution in [2.75, 3.05) is 13.2 Å². The summed E-state index contributed by atoms with van der Waals surface area (Å²) < 4.78 is 5.73. The average Bonchev–Trinajstić information content (AvgIpc) is 2.67. The summed E-state index contributed by atoms with van der Waals surface area (Å²) in [5, 5.41) is 12.4. The third kappa shape index (κ3) is 6.76. The molecular weight excluding hydrogens is 400 g/mol. The summed E-state index contributed by atoms with van der Waals surface area (Å²) in [6.45, 7) is 3.32. The van der Waals surface area contributed by atoms with Crippen molar-refractivity contribution in [2.24, 2.45) is 0 Å². The fourth-order valence-electron chi connectivity index (χ4n) is 2.41. The van der Waals surface area contributed by atoms with Crippen molar-refractivity contribution in [1.29, 1.82) is 0 Å². The number of amides is 1. The van der Waals surface area contributed by atoms with Crippen LogP contribution in [0.4, 0.5) is 0 Å². The number of benzene rings is 2. The van der Waals surface area contributed by atoms with Crippen LogP contribution in [0.25, 0.3) is 0 Å².